The van der Waals surface area contributed by atoms with Gasteiger partial charge in [-0.05, 0) is 49.1 Å². The zero-order valence-electron chi connectivity index (χ0n) is 18.9. The standard InChI is InChI=1S/C25H23ClF2N4O3/c1-2-16(14-4-6-15(27)7-5-14)19-12-29-22(30-19)23(33)32-11-3-10-25(13-32)20-18(31-24(34)35-25)9-8-17(26)21(20)28/h4-9,12,16,19H,2-3,10-11,13H2,1H3,(H,31,34)/t16?,19?,25-/m0/s1. The van der Waals surface area contributed by atoms with Gasteiger partial charge in [0.2, 0.25) is 5.84 Å². The minimum atomic E-state index is -1.36. The molecule has 3 aliphatic rings. The van der Waals surface area contributed by atoms with Gasteiger partial charge in [0.1, 0.15) is 5.82 Å². The Kier molecular flexibility index (Phi) is 6.04. The van der Waals surface area contributed by atoms with Crippen LogP contribution in [-0.4, -0.2) is 48.1 Å². The van der Waals surface area contributed by atoms with Gasteiger partial charge in [0, 0.05) is 18.7 Å². The van der Waals surface area contributed by atoms with Crippen LogP contribution < -0.4 is 5.32 Å². The molecular weight excluding hydrogens is 478 g/mol. The summed E-state index contributed by atoms with van der Waals surface area (Å²) in [6.07, 6.45) is 2.46. The van der Waals surface area contributed by atoms with E-state index in [-0.39, 0.29) is 46.4 Å². The number of aliphatic imine (C=N–C) groups is 2. The van der Waals surface area contributed by atoms with Crippen LogP contribution in [0, 0.1) is 11.6 Å². The van der Waals surface area contributed by atoms with Gasteiger partial charge in [-0.1, -0.05) is 30.7 Å². The number of hydrogen-bond acceptors (Lipinski definition) is 5. The molecule has 10 heteroatoms. The summed E-state index contributed by atoms with van der Waals surface area (Å²) in [6.45, 7) is 2.34. The number of rotatable bonds is 4. The topological polar surface area (TPSA) is 83.4 Å². The maximum absolute atomic E-state index is 15.1. The highest BCUT2D eigenvalue weighted by Crippen LogP contribution is 2.45. The van der Waals surface area contributed by atoms with Gasteiger partial charge in [-0.15, -0.1) is 0 Å². The van der Waals surface area contributed by atoms with Crippen LogP contribution in [0.3, 0.4) is 0 Å². The van der Waals surface area contributed by atoms with Crippen LogP contribution in [0.2, 0.25) is 5.02 Å². The van der Waals surface area contributed by atoms with Gasteiger partial charge in [0.05, 0.1) is 28.9 Å². The van der Waals surface area contributed by atoms with E-state index in [2.05, 4.69) is 15.3 Å². The van der Waals surface area contributed by atoms with Crippen molar-refractivity contribution in [1.29, 1.82) is 0 Å². The number of amides is 2. The van der Waals surface area contributed by atoms with Crippen LogP contribution in [0.1, 0.15) is 43.2 Å². The average molecular weight is 501 g/mol. The zero-order valence-corrected chi connectivity index (χ0v) is 19.7. The number of benzene rings is 2. The molecule has 0 radical (unpaired) electrons. The largest absolute Gasteiger partial charge is 0.436 e. The van der Waals surface area contributed by atoms with Crippen molar-refractivity contribution in [3.05, 3.63) is 64.2 Å². The number of amidine groups is 1. The van der Waals surface area contributed by atoms with Crippen molar-refractivity contribution in [1.82, 2.24) is 4.90 Å². The molecule has 1 saturated heterocycles. The number of anilines is 1. The summed E-state index contributed by atoms with van der Waals surface area (Å²) in [5, 5.41) is 2.42. The Bertz CT molecular complexity index is 1250. The van der Waals surface area contributed by atoms with Crippen LogP contribution in [0.15, 0.2) is 46.4 Å². The third-order valence-electron chi connectivity index (χ3n) is 6.78. The van der Waals surface area contributed by atoms with E-state index in [1.165, 1.54) is 29.2 Å². The number of hydrogen-bond donors (Lipinski definition) is 1. The molecule has 1 N–H and O–H groups in total. The van der Waals surface area contributed by atoms with Gasteiger partial charge in [0.25, 0.3) is 5.91 Å². The molecule has 2 amide bonds. The van der Waals surface area contributed by atoms with E-state index in [1.54, 1.807) is 18.3 Å². The molecule has 3 aliphatic heterocycles. The summed E-state index contributed by atoms with van der Waals surface area (Å²) in [7, 11) is 0. The lowest BCUT2D eigenvalue weighted by atomic mass is 9.83. The summed E-state index contributed by atoms with van der Waals surface area (Å²) in [5.41, 5.74) is -0.0357. The van der Waals surface area contributed by atoms with Crippen LogP contribution in [0.5, 0.6) is 0 Å². The Morgan fingerprint density at radius 3 is 2.80 bits per heavy atom. The highest BCUT2D eigenvalue weighted by Gasteiger charge is 2.49. The number of fused-ring (bicyclic) bond motifs is 2. The molecular formula is C25H23ClF2N4O3. The quantitative estimate of drug-likeness (QED) is 0.638. The fourth-order valence-electron chi connectivity index (χ4n) is 5.13. The molecule has 182 valence electrons. The summed E-state index contributed by atoms with van der Waals surface area (Å²) >= 11 is 6.02. The van der Waals surface area contributed by atoms with Gasteiger partial charge in [-0.2, -0.15) is 0 Å². The van der Waals surface area contributed by atoms with E-state index in [0.29, 0.717) is 19.4 Å². The van der Waals surface area contributed by atoms with Crippen molar-refractivity contribution >= 4 is 41.3 Å². The molecule has 0 bridgehead atoms. The van der Waals surface area contributed by atoms with E-state index < -0.39 is 23.4 Å². The first-order valence-corrected chi connectivity index (χ1v) is 11.8. The number of halogens is 3. The molecule has 2 unspecified atom stereocenters. The number of nitrogens with one attached hydrogen (secondary N) is 1. The summed E-state index contributed by atoms with van der Waals surface area (Å²) < 4.78 is 34.1. The van der Waals surface area contributed by atoms with Gasteiger partial charge in [-0.3, -0.25) is 15.1 Å². The van der Waals surface area contributed by atoms with Crippen LogP contribution in [0.4, 0.5) is 19.3 Å². The van der Waals surface area contributed by atoms with Gasteiger partial charge >= 0.3 is 6.09 Å². The molecule has 35 heavy (non-hydrogen) atoms. The van der Waals surface area contributed by atoms with Gasteiger partial charge in [0.15, 0.2) is 11.4 Å². The summed E-state index contributed by atoms with van der Waals surface area (Å²) in [4.78, 5) is 36.0. The Morgan fingerprint density at radius 2 is 2.06 bits per heavy atom. The first-order chi connectivity index (χ1) is 16.8. The minimum absolute atomic E-state index is 0.0414. The number of ether oxygens (including phenoxy) is 1. The normalized spacial score (nSPS) is 24.0. The van der Waals surface area contributed by atoms with Crippen molar-refractivity contribution in [2.75, 3.05) is 18.4 Å². The van der Waals surface area contributed by atoms with E-state index in [4.69, 9.17) is 16.3 Å². The number of carbonyl (C=O) groups excluding carboxylic acids is 2. The van der Waals surface area contributed by atoms with Crippen LogP contribution in [0.25, 0.3) is 0 Å². The van der Waals surface area contributed by atoms with Crippen LogP contribution in [-0.2, 0) is 15.1 Å². The second kappa shape index (κ2) is 9.03. The van der Waals surface area contributed by atoms with E-state index in [9.17, 15) is 14.0 Å². The second-order valence-electron chi connectivity index (χ2n) is 8.91. The fourth-order valence-corrected chi connectivity index (χ4v) is 5.29. The average Bonchev–Trinajstić information content (AvgIpc) is 3.32. The molecule has 3 heterocycles. The summed E-state index contributed by atoms with van der Waals surface area (Å²) in [5.74, 6) is -1.44. The molecule has 0 aromatic heterocycles. The number of nitrogens with zero attached hydrogens (tertiary/aromatic N) is 3. The first kappa shape index (κ1) is 23.4. The zero-order chi connectivity index (χ0) is 24.7. The number of carbonyl (C=O) groups is 2. The van der Waals surface area contributed by atoms with Crippen molar-refractivity contribution in [2.24, 2.45) is 9.98 Å². The molecule has 0 aliphatic carbocycles. The van der Waals surface area contributed by atoms with E-state index in [0.717, 1.165) is 12.0 Å². The van der Waals surface area contributed by atoms with Gasteiger partial charge in [-0.25, -0.2) is 18.6 Å². The molecule has 2 aromatic rings. The smallest absolute Gasteiger partial charge is 0.412 e. The maximum atomic E-state index is 15.1. The molecule has 7 nitrogen and oxygen atoms in total. The third kappa shape index (κ3) is 4.18. The van der Waals surface area contributed by atoms with E-state index >= 15 is 4.39 Å². The lowest BCUT2D eigenvalue weighted by Crippen LogP contribution is -2.54. The Balaban J connectivity index is 1.40. The second-order valence-corrected chi connectivity index (χ2v) is 9.32. The van der Waals surface area contributed by atoms with Crippen LogP contribution >= 0.6 is 11.6 Å². The van der Waals surface area contributed by atoms with Crippen molar-refractivity contribution < 1.29 is 23.1 Å². The minimum Gasteiger partial charge on any atom is -0.436 e. The highest BCUT2D eigenvalue weighted by atomic mass is 35.5. The first-order valence-electron chi connectivity index (χ1n) is 11.5. The molecule has 2 aromatic carbocycles. The molecule has 5 rings (SSSR count). The number of likely N-dealkylation sites (tertiary alicyclic amines) is 1. The highest BCUT2D eigenvalue weighted by molar-refractivity contribution is 6.40. The lowest BCUT2D eigenvalue weighted by Gasteiger charge is -2.45. The molecule has 3 atom stereocenters. The molecule has 1 spiro atoms. The lowest BCUT2D eigenvalue weighted by molar-refractivity contribution is -0.132. The third-order valence-corrected chi connectivity index (χ3v) is 7.07. The predicted octanol–water partition coefficient (Wildman–Crippen LogP) is 5.04. The van der Waals surface area contributed by atoms with Crippen molar-refractivity contribution in [3.8, 4) is 0 Å². The maximum Gasteiger partial charge on any atom is 0.412 e. The number of piperidine rings is 1. The Labute approximate surface area is 205 Å². The molecule has 0 saturated carbocycles. The monoisotopic (exact) mass is 500 g/mol. The molecule has 1 fully saturated rings. The van der Waals surface area contributed by atoms with Crippen molar-refractivity contribution in [2.45, 2.75) is 43.7 Å². The van der Waals surface area contributed by atoms with Gasteiger partial charge < -0.3 is 9.64 Å². The summed E-state index contributed by atoms with van der Waals surface area (Å²) in [6, 6.07) is 8.76. The Morgan fingerprint density at radius 1 is 1.29 bits per heavy atom. The van der Waals surface area contributed by atoms with E-state index in [1.807, 2.05) is 6.92 Å². The predicted molar refractivity (Wildman–Crippen MR) is 128 cm³/mol. The van der Waals surface area contributed by atoms with Crippen molar-refractivity contribution in [3.63, 3.8) is 0 Å². The fraction of sp³-hybridized carbons (Fsp3) is 0.360. The Hall–Kier alpha value is -3.33. The SMILES string of the molecule is CCC(c1ccc(F)cc1)C1C=NC(C(=O)N2CCC[C@@]3(C2)OC(=O)Nc2ccc(Cl)c(F)c23)=N1.